The molecule has 4 nitrogen and oxygen atoms in total. The van der Waals surface area contributed by atoms with Crippen LogP contribution in [0.5, 0.6) is 0 Å². The molecule has 0 spiro atoms. The van der Waals surface area contributed by atoms with Gasteiger partial charge in [0.25, 0.3) is 0 Å². The van der Waals surface area contributed by atoms with E-state index in [9.17, 15) is 9.59 Å². The minimum absolute atomic E-state index is 0.0961. The summed E-state index contributed by atoms with van der Waals surface area (Å²) in [6, 6.07) is 14.3. The number of ether oxygens (including phenoxy) is 1. The van der Waals surface area contributed by atoms with E-state index < -0.39 is 0 Å². The van der Waals surface area contributed by atoms with E-state index in [-0.39, 0.29) is 23.1 Å². The van der Waals surface area contributed by atoms with Crippen molar-refractivity contribution in [1.29, 1.82) is 0 Å². The first-order valence-electron chi connectivity index (χ1n) is 9.78. The second kappa shape index (κ2) is 7.30. The van der Waals surface area contributed by atoms with Crippen molar-refractivity contribution < 1.29 is 14.3 Å². The zero-order chi connectivity index (χ0) is 20.8. The molecule has 1 aliphatic heterocycles. The highest BCUT2D eigenvalue weighted by Gasteiger charge is 2.43. The summed E-state index contributed by atoms with van der Waals surface area (Å²) in [5.74, 6) is -0.666. The van der Waals surface area contributed by atoms with Crippen LogP contribution in [0.15, 0.2) is 65.0 Å². The van der Waals surface area contributed by atoms with E-state index in [4.69, 9.17) is 4.74 Å². The number of hydrogen-bond acceptors (Lipinski definition) is 5. The quantitative estimate of drug-likeness (QED) is 0.711. The summed E-state index contributed by atoms with van der Waals surface area (Å²) >= 11 is 1.63. The zero-order valence-electron chi connectivity index (χ0n) is 17.2. The number of allylic oxidation sites excluding steroid dienone is 3. The third-order valence-electron chi connectivity index (χ3n) is 5.61. The van der Waals surface area contributed by atoms with Gasteiger partial charge in [-0.25, -0.2) is 4.79 Å². The molecule has 29 heavy (non-hydrogen) atoms. The molecule has 1 atom stereocenters. The minimum atomic E-state index is -0.390. The van der Waals surface area contributed by atoms with Crippen molar-refractivity contribution in [2.45, 2.75) is 39.5 Å². The van der Waals surface area contributed by atoms with Crippen molar-refractivity contribution >= 4 is 23.1 Å². The van der Waals surface area contributed by atoms with Gasteiger partial charge in [-0.15, -0.1) is 11.3 Å². The summed E-state index contributed by atoms with van der Waals surface area (Å²) in [5.41, 5.74) is 3.99. The Bertz CT molecular complexity index is 1040. The summed E-state index contributed by atoms with van der Waals surface area (Å²) < 4.78 is 5.09. The lowest BCUT2D eigenvalue weighted by molar-refractivity contribution is -0.136. The molecule has 5 heteroatoms. The van der Waals surface area contributed by atoms with Crippen LogP contribution in [0.25, 0.3) is 10.4 Å². The van der Waals surface area contributed by atoms with Crippen LogP contribution < -0.4 is 5.32 Å². The predicted molar refractivity (Wildman–Crippen MR) is 115 cm³/mol. The molecule has 0 amide bonds. The van der Waals surface area contributed by atoms with Gasteiger partial charge in [-0.05, 0) is 36.5 Å². The number of methoxy groups -OCH3 is 1. The number of carbonyl (C=O) groups excluding carboxylic acids is 2. The van der Waals surface area contributed by atoms with Gasteiger partial charge in [-0.2, -0.15) is 0 Å². The van der Waals surface area contributed by atoms with E-state index in [0.717, 1.165) is 38.7 Å². The number of carbonyl (C=O) groups is 2. The van der Waals surface area contributed by atoms with Crippen LogP contribution in [0, 0.1) is 5.41 Å². The molecule has 2 aromatic rings. The Balaban J connectivity index is 1.85. The van der Waals surface area contributed by atoms with Crippen molar-refractivity contribution in [3.8, 4) is 10.4 Å². The van der Waals surface area contributed by atoms with Gasteiger partial charge in [0, 0.05) is 33.1 Å². The van der Waals surface area contributed by atoms with Gasteiger partial charge >= 0.3 is 5.97 Å². The standard InChI is InChI=1S/C24H25NO3S/c1-14-20(23(27)28-4)22(21-16(25-14)12-24(2,3)13-17(21)26)19-11-10-18(29-19)15-8-6-5-7-9-15/h5-11,22,25H,12-13H2,1-4H3/t22-/m1/s1. The molecule has 0 bridgehead atoms. The number of esters is 1. The normalized spacial score (nSPS) is 21.0. The molecule has 0 fully saturated rings. The maximum atomic E-state index is 13.2. The SMILES string of the molecule is COC(=O)C1=C(C)NC2=C(C(=O)CC(C)(C)C2)[C@@H]1c1ccc(-c2ccccc2)s1. The van der Waals surface area contributed by atoms with Gasteiger partial charge < -0.3 is 10.1 Å². The summed E-state index contributed by atoms with van der Waals surface area (Å²) in [5, 5.41) is 3.35. The van der Waals surface area contributed by atoms with Crippen LogP contribution >= 0.6 is 11.3 Å². The smallest absolute Gasteiger partial charge is 0.336 e. The lowest BCUT2D eigenvalue weighted by Gasteiger charge is -2.39. The lowest BCUT2D eigenvalue weighted by atomic mass is 9.70. The number of ketones is 1. The zero-order valence-corrected chi connectivity index (χ0v) is 18.0. The van der Waals surface area contributed by atoms with Gasteiger partial charge in [0.15, 0.2) is 5.78 Å². The number of rotatable bonds is 3. The Morgan fingerprint density at radius 1 is 1.14 bits per heavy atom. The van der Waals surface area contributed by atoms with Crippen molar-refractivity contribution in [1.82, 2.24) is 5.32 Å². The molecule has 0 unspecified atom stereocenters. The molecular weight excluding hydrogens is 382 g/mol. The Morgan fingerprint density at radius 3 is 2.55 bits per heavy atom. The average molecular weight is 408 g/mol. The van der Waals surface area contributed by atoms with Gasteiger partial charge in [-0.1, -0.05) is 44.2 Å². The molecule has 2 aliphatic rings. The van der Waals surface area contributed by atoms with Crippen LogP contribution in [-0.2, 0) is 14.3 Å². The van der Waals surface area contributed by atoms with Gasteiger partial charge in [0.2, 0.25) is 0 Å². The molecule has 1 aromatic carbocycles. The van der Waals surface area contributed by atoms with Crippen LogP contribution in [0.2, 0.25) is 0 Å². The van der Waals surface area contributed by atoms with Crippen LogP contribution in [0.4, 0.5) is 0 Å². The molecule has 1 aliphatic carbocycles. The van der Waals surface area contributed by atoms with Crippen LogP contribution in [0.3, 0.4) is 0 Å². The first-order chi connectivity index (χ1) is 13.8. The van der Waals surface area contributed by atoms with E-state index in [2.05, 4.69) is 37.4 Å². The topological polar surface area (TPSA) is 55.4 Å². The number of Topliss-reactive ketones (excluding diaryl/α,β-unsaturated/α-hetero) is 1. The summed E-state index contributed by atoms with van der Waals surface area (Å²) in [4.78, 5) is 28.0. The highest BCUT2D eigenvalue weighted by Crippen LogP contribution is 2.48. The largest absolute Gasteiger partial charge is 0.466 e. The molecule has 1 N–H and O–H groups in total. The third kappa shape index (κ3) is 3.55. The first kappa shape index (κ1) is 19.6. The Hall–Kier alpha value is -2.66. The number of thiophene rings is 1. The van der Waals surface area contributed by atoms with Gasteiger partial charge in [0.1, 0.15) is 0 Å². The highest BCUT2D eigenvalue weighted by molar-refractivity contribution is 7.15. The average Bonchev–Trinajstić information content (AvgIpc) is 3.16. The number of nitrogens with one attached hydrogen (secondary N) is 1. The van der Waals surface area contributed by atoms with E-state index >= 15 is 0 Å². The number of dihydropyridines is 1. The fourth-order valence-electron chi connectivity index (χ4n) is 4.37. The minimum Gasteiger partial charge on any atom is -0.466 e. The summed E-state index contributed by atoms with van der Waals surface area (Å²) in [7, 11) is 1.39. The van der Waals surface area contributed by atoms with E-state index in [1.54, 1.807) is 11.3 Å². The molecule has 4 rings (SSSR count). The Morgan fingerprint density at radius 2 is 1.86 bits per heavy atom. The molecule has 0 saturated heterocycles. The fourth-order valence-corrected chi connectivity index (χ4v) is 5.50. The van der Waals surface area contributed by atoms with E-state index in [0.29, 0.717) is 12.0 Å². The summed E-state index contributed by atoms with van der Waals surface area (Å²) in [6.07, 6.45) is 1.27. The van der Waals surface area contributed by atoms with Gasteiger partial charge in [-0.3, -0.25) is 4.79 Å². The van der Waals surface area contributed by atoms with Crippen LogP contribution in [0.1, 0.15) is 44.4 Å². The molecule has 0 radical (unpaired) electrons. The van der Waals surface area contributed by atoms with Crippen molar-refractivity contribution in [2.24, 2.45) is 5.41 Å². The fraction of sp³-hybridized carbons (Fsp3) is 0.333. The molecule has 0 saturated carbocycles. The summed E-state index contributed by atoms with van der Waals surface area (Å²) in [6.45, 7) is 6.11. The maximum Gasteiger partial charge on any atom is 0.336 e. The van der Waals surface area contributed by atoms with Crippen molar-refractivity contribution in [3.05, 3.63) is 69.9 Å². The monoisotopic (exact) mass is 407 g/mol. The van der Waals surface area contributed by atoms with Crippen LogP contribution in [-0.4, -0.2) is 18.9 Å². The van der Waals surface area contributed by atoms with E-state index in [1.165, 1.54) is 7.11 Å². The van der Waals surface area contributed by atoms with E-state index in [1.807, 2.05) is 31.2 Å². The maximum absolute atomic E-state index is 13.2. The first-order valence-corrected chi connectivity index (χ1v) is 10.6. The predicted octanol–water partition coefficient (Wildman–Crippen LogP) is 5.19. The molecule has 2 heterocycles. The lowest BCUT2D eigenvalue weighted by Crippen LogP contribution is -2.38. The third-order valence-corrected chi connectivity index (χ3v) is 6.81. The van der Waals surface area contributed by atoms with Crippen molar-refractivity contribution in [2.75, 3.05) is 7.11 Å². The van der Waals surface area contributed by atoms with Gasteiger partial charge in [0.05, 0.1) is 18.6 Å². The second-order valence-electron chi connectivity index (χ2n) is 8.49. The highest BCUT2D eigenvalue weighted by atomic mass is 32.1. The molecule has 150 valence electrons. The molecular formula is C24H25NO3S. The van der Waals surface area contributed by atoms with Crippen molar-refractivity contribution in [3.63, 3.8) is 0 Å². The Kier molecular flexibility index (Phi) is 4.95. The second-order valence-corrected chi connectivity index (χ2v) is 9.60. The number of benzene rings is 1. The Labute approximate surface area is 175 Å². The number of hydrogen-bond donors (Lipinski definition) is 1. The molecule has 1 aromatic heterocycles.